The van der Waals surface area contributed by atoms with Crippen LogP contribution in [0.15, 0.2) is 24.3 Å². The van der Waals surface area contributed by atoms with Crippen molar-refractivity contribution in [1.82, 2.24) is 4.90 Å². The third kappa shape index (κ3) is 3.70. The monoisotopic (exact) mass is 319 g/mol. The lowest BCUT2D eigenvalue weighted by atomic mass is 9.78. The fourth-order valence-electron chi connectivity index (χ4n) is 4.17. The van der Waals surface area contributed by atoms with Gasteiger partial charge in [-0.1, -0.05) is 18.2 Å². The van der Waals surface area contributed by atoms with Crippen LogP contribution in [-0.2, 0) is 16.0 Å². The topological polar surface area (TPSA) is 30.9 Å². The summed E-state index contributed by atoms with van der Waals surface area (Å²) in [6, 6.07) is 8.32. The number of para-hydroxylation sites is 1. The number of likely N-dealkylation sites (tertiary alicyclic amines) is 1. The molecule has 2 aliphatic heterocycles. The summed E-state index contributed by atoms with van der Waals surface area (Å²) in [4.78, 5) is 2.53. The lowest BCUT2D eigenvalue weighted by Crippen LogP contribution is -2.47. The summed E-state index contributed by atoms with van der Waals surface area (Å²) < 4.78 is 17.0. The van der Waals surface area contributed by atoms with Crippen LogP contribution >= 0.6 is 0 Å². The van der Waals surface area contributed by atoms with Crippen LogP contribution < -0.4 is 4.74 Å². The van der Waals surface area contributed by atoms with Gasteiger partial charge in [-0.15, -0.1) is 0 Å². The molecule has 1 aromatic carbocycles. The minimum atomic E-state index is 0.107. The highest BCUT2D eigenvalue weighted by molar-refractivity contribution is 5.33. The molecule has 4 heteroatoms. The van der Waals surface area contributed by atoms with Crippen LogP contribution in [0.25, 0.3) is 0 Å². The van der Waals surface area contributed by atoms with E-state index in [4.69, 9.17) is 14.2 Å². The first kappa shape index (κ1) is 16.7. The first-order chi connectivity index (χ1) is 11.3. The lowest BCUT2D eigenvalue weighted by Gasteiger charge is -2.42. The van der Waals surface area contributed by atoms with E-state index in [1.54, 1.807) is 14.2 Å². The Labute approximate surface area is 139 Å². The van der Waals surface area contributed by atoms with E-state index >= 15 is 0 Å². The number of methoxy groups -OCH3 is 2. The van der Waals surface area contributed by atoms with Crippen molar-refractivity contribution in [2.24, 2.45) is 5.92 Å². The molecule has 0 amide bonds. The van der Waals surface area contributed by atoms with E-state index in [1.807, 2.05) is 12.1 Å². The Kier molecular flexibility index (Phi) is 5.57. The predicted octanol–water partition coefficient (Wildman–Crippen LogP) is 3.10. The Morgan fingerprint density at radius 3 is 2.74 bits per heavy atom. The van der Waals surface area contributed by atoms with Gasteiger partial charge in [0.25, 0.3) is 0 Å². The van der Waals surface area contributed by atoms with Gasteiger partial charge >= 0.3 is 0 Å². The fourth-order valence-corrected chi connectivity index (χ4v) is 4.17. The number of piperidine rings is 1. The van der Waals surface area contributed by atoms with Gasteiger partial charge in [-0.3, -0.25) is 4.90 Å². The summed E-state index contributed by atoms with van der Waals surface area (Å²) >= 11 is 0. The molecule has 0 saturated carbocycles. The minimum Gasteiger partial charge on any atom is -0.496 e. The standard InChI is InChI=1S/C19H29NO3/c1-21-13-7-17-8-14-23-19(17)9-11-20(12-10-19)15-16-5-3-4-6-18(16)22-2/h3-6,17H,7-15H2,1-2H3/t17-/m0/s1. The van der Waals surface area contributed by atoms with Crippen molar-refractivity contribution >= 4 is 0 Å². The molecule has 2 fully saturated rings. The van der Waals surface area contributed by atoms with E-state index in [0.29, 0.717) is 5.92 Å². The average Bonchev–Trinajstić information content (AvgIpc) is 2.98. The Bertz CT molecular complexity index is 497. The maximum atomic E-state index is 6.23. The van der Waals surface area contributed by atoms with Gasteiger partial charge < -0.3 is 14.2 Å². The summed E-state index contributed by atoms with van der Waals surface area (Å²) in [5.74, 6) is 1.65. The van der Waals surface area contributed by atoms with Crippen molar-refractivity contribution in [3.05, 3.63) is 29.8 Å². The maximum Gasteiger partial charge on any atom is 0.123 e. The lowest BCUT2D eigenvalue weighted by molar-refractivity contribution is -0.0721. The van der Waals surface area contributed by atoms with E-state index in [0.717, 1.165) is 57.9 Å². The van der Waals surface area contributed by atoms with Gasteiger partial charge in [0.2, 0.25) is 0 Å². The minimum absolute atomic E-state index is 0.107. The van der Waals surface area contributed by atoms with Crippen molar-refractivity contribution in [3.8, 4) is 5.75 Å². The maximum absolute atomic E-state index is 6.23. The molecule has 1 atom stereocenters. The summed E-state index contributed by atoms with van der Waals surface area (Å²) in [5, 5.41) is 0. The van der Waals surface area contributed by atoms with E-state index in [-0.39, 0.29) is 5.60 Å². The summed E-state index contributed by atoms with van der Waals surface area (Å²) in [6.07, 6.45) is 4.59. The largest absolute Gasteiger partial charge is 0.496 e. The van der Waals surface area contributed by atoms with Crippen molar-refractivity contribution in [1.29, 1.82) is 0 Å². The molecule has 0 radical (unpaired) electrons. The van der Waals surface area contributed by atoms with Crippen molar-refractivity contribution in [3.63, 3.8) is 0 Å². The van der Waals surface area contributed by atoms with Crippen LogP contribution in [0.1, 0.15) is 31.2 Å². The van der Waals surface area contributed by atoms with Crippen molar-refractivity contribution < 1.29 is 14.2 Å². The summed E-state index contributed by atoms with van der Waals surface area (Å²) in [5.41, 5.74) is 1.38. The van der Waals surface area contributed by atoms with E-state index < -0.39 is 0 Å². The molecule has 0 N–H and O–H groups in total. The molecule has 128 valence electrons. The smallest absolute Gasteiger partial charge is 0.123 e. The molecule has 1 spiro atoms. The molecule has 2 aliphatic rings. The second-order valence-corrected chi connectivity index (χ2v) is 6.77. The second kappa shape index (κ2) is 7.65. The van der Waals surface area contributed by atoms with Gasteiger partial charge in [-0.2, -0.15) is 0 Å². The number of hydrogen-bond acceptors (Lipinski definition) is 4. The number of benzene rings is 1. The third-order valence-corrected chi connectivity index (χ3v) is 5.56. The molecule has 3 rings (SSSR count). The number of nitrogens with zero attached hydrogens (tertiary/aromatic N) is 1. The van der Waals surface area contributed by atoms with E-state index in [2.05, 4.69) is 17.0 Å². The van der Waals surface area contributed by atoms with Gasteiger partial charge in [0, 0.05) is 45.5 Å². The number of rotatable bonds is 6. The number of hydrogen-bond donors (Lipinski definition) is 0. The molecule has 0 unspecified atom stereocenters. The van der Waals surface area contributed by atoms with Gasteiger partial charge in [-0.25, -0.2) is 0 Å². The molecule has 23 heavy (non-hydrogen) atoms. The van der Waals surface area contributed by atoms with E-state index in [1.165, 1.54) is 12.0 Å². The van der Waals surface area contributed by atoms with Crippen LogP contribution in [0.5, 0.6) is 5.75 Å². The third-order valence-electron chi connectivity index (χ3n) is 5.56. The molecular weight excluding hydrogens is 290 g/mol. The van der Waals surface area contributed by atoms with Gasteiger partial charge in [-0.05, 0) is 37.7 Å². The normalized spacial score (nSPS) is 24.2. The van der Waals surface area contributed by atoms with Crippen molar-refractivity contribution in [2.45, 2.75) is 37.8 Å². The summed E-state index contributed by atoms with van der Waals surface area (Å²) in [7, 11) is 3.54. The van der Waals surface area contributed by atoms with Gasteiger partial charge in [0.15, 0.2) is 0 Å². The number of ether oxygens (including phenoxy) is 3. The first-order valence-electron chi connectivity index (χ1n) is 8.74. The first-order valence-corrected chi connectivity index (χ1v) is 8.74. The zero-order chi connectivity index (χ0) is 16.1. The zero-order valence-corrected chi connectivity index (χ0v) is 14.4. The molecule has 2 saturated heterocycles. The Morgan fingerprint density at radius 1 is 1.22 bits per heavy atom. The summed E-state index contributed by atoms with van der Waals surface area (Å²) in [6.45, 7) is 4.92. The van der Waals surface area contributed by atoms with Gasteiger partial charge in [0.1, 0.15) is 5.75 Å². The molecule has 0 bridgehead atoms. The van der Waals surface area contributed by atoms with Gasteiger partial charge in [0.05, 0.1) is 12.7 Å². The van der Waals surface area contributed by atoms with Crippen molar-refractivity contribution in [2.75, 3.05) is 40.5 Å². The highest BCUT2D eigenvalue weighted by Gasteiger charge is 2.45. The van der Waals surface area contributed by atoms with Crippen LogP contribution in [0.2, 0.25) is 0 Å². The average molecular weight is 319 g/mol. The molecule has 4 nitrogen and oxygen atoms in total. The predicted molar refractivity (Wildman–Crippen MR) is 90.8 cm³/mol. The molecule has 0 aliphatic carbocycles. The second-order valence-electron chi connectivity index (χ2n) is 6.77. The molecule has 1 aromatic rings. The highest BCUT2D eigenvalue weighted by atomic mass is 16.5. The Morgan fingerprint density at radius 2 is 2.00 bits per heavy atom. The van der Waals surface area contributed by atoms with Crippen LogP contribution in [0.4, 0.5) is 0 Å². The Balaban J connectivity index is 1.57. The van der Waals surface area contributed by atoms with Crippen LogP contribution in [0.3, 0.4) is 0 Å². The van der Waals surface area contributed by atoms with Crippen LogP contribution in [-0.4, -0.2) is 51.0 Å². The van der Waals surface area contributed by atoms with E-state index in [9.17, 15) is 0 Å². The Hall–Kier alpha value is -1.10. The highest BCUT2D eigenvalue weighted by Crippen LogP contribution is 2.42. The quantitative estimate of drug-likeness (QED) is 0.806. The molecule has 2 heterocycles. The molecule has 0 aromatic heterocycles. The van der Waals surface area contributed by atoms with Crippen LogP contribution in [0, 0.1) is 5.92 Å². The fraction of sp³-hybridized carbons (Fsp3) is 0.684. The molecular formula is C19H29NO3. The SMILES string of the molecule is COCC[C@H]1CCOC12CCN(Cc1ccccc1OC)CC2. The zero-order valence-electron chi connectivity index (χ0n) is 14.4.